The highest BCUT2D eigenvalue weighted by Crippen LogP contribution is 2.34. The molecule has 0 aliphatic rings. The Balaban J connectivity index is 3.38. The summed E-state index contributed by atoms with van der Waals surface area (Å²) >= 11 is 5.27. The summed E-state index contributed by atoms with van der Waals surface area (Å²) in [6.45, 7) is 0.917. The van der Waals surface area contributed by atoms with Crippen LogP contribution in [0.5, 0.6) is 0 Å². The second-order valence-electron chi connectivity index (χ2n) is 3.33. The molecule has 0 aliphatic carbocycles. The maximum absolute atomic E-state index is 12.7. The van der Waals surface area contributed by atoms with E-state index in [9.17, 15) is 22.8 Å². The number of amides is 1. The molecule has 19 heavy (non-hydrogen) atoms. The van der Waals surface area contributed by atoms with Gasteiger partial charge in [-0.25, -0.2) is 9.97 Å². The standard InChI is InChI=1S/C9H7ClF3N3O3/c1-3(17)19-5(7(14)18)4-2-15-8(10)16-6(4)9(11,12)13/h2,5H,1H3,(H2,14,18). The number of nitrogens with two attached hydrogens (primary N) is 1. The average Bonchev–Trinajstić information content (AvgIpc) is 2.24. The molecule has 104 valence electrons. The second kappa shape index (κ2) is 5.39. The number of primary amides is 1. The van der Waals surface area contributed by atoms with E-state index in [1.165, 1.54) is 0 Å². The first-order valence-electron chi connectivity index (χ1n) is 4.69. The Morgan fingerprint density at radius 1 is 1.47 bits per heavy atom. The zero-order chi connectivity index (χ0) is 14.8. The van der Waals surface area contributed by atoms with Crippen molar-refractivity contribution in [3.63, 3.8) is 0 Å². The first-order valence-corrected chi connectivity index (χ1v) is 5.07. The van der Waals surface area contributed by atoms with Gasteiger partial charge in [-0.15, -0.1) is 0 Å². The molecule has 2 N–H and O–H groups in total. The lowest BCUT2D eigenvalue weighted by atomic mass is 10.1. The molecule has 0 aliphatic heterocycles. The van der Waals surface area contributed by atoms with E-state index in [2.05, 4.69) is 14.7 Å². The number of ether oxygens (including phenoxy) is 1. The monoisotopic (exact) mass is 297 g/mol. The number of esters is 1. The largest absolute Gasteiger partial charge is 0.447 e. The van der Waals surface area contributed by atoms with Gasteiger partial charge in [0.05, 0.1) is 5.56 Å². The fraction of sp³-hybridized carbons (Fsp3) is 0.333. The second-order valence-corrected chi connectivity index (χ2v) is 3.67. The molecule has 1 aromatic rings. The number of carbonyl (C=O) groups is 2. The van der Waals surface area contributed by atoms with Gasteiger partial charge in [-0.05, 0) is 11.6 Å². The van der Waals surface area contributed by atoms with E-state index in [-0.39, 0.29) is 0 Å². The molecule has 1 unspecified atom stereocenters. The summed E-state index contributed by atoms with van der Waals surface area (Å²) < 4.78 is 42.7. The molecule has 6 nitrogen and oxygen atoms in total. The van der Waals surface area contributed by atoms with Gasteiger partial charge in [0.15, 0.2) is 5.69 Å². The van der Waals surface area contributed by atoms with Crippen molar-refractivity contribution in [2.45, 2.75) is 19.2 Å². The Bertz CT molecular complexity index is 521. The molecular formula is C9H7ClF3N3O3. The van der Waals surface area contributed by atoms with Crippen molar-refractivity contribution >= 4 is 23.5 Å². The van der Waals surface area contributed by atoms with Crippen molar-refractivity contribution in [1.82, 2.24) is 9.97 Å². The lowest BCUT2D eigenvalue weighted by Crippen LogP contribution is -2.28. The minimum Gasteiger partial charge on any atom is -0.447 e. The lowest BCUT2D eigenvalue weighted by molar-refractivity contribution is -0.156. The number of aromatic nitrogens is 2. The van der Waals surface area contributed by atoms with Crippen molar-refractivity contribution in [2.24, 2.45) is 5.73 Å². The zero-order valence-corrected chi connectivity index (χ0v) is 10.1. The fourth-order valence-corrected chi connectivity index (χ4v) is 1.36. The highest BCUT2D eigenvalue weighted by Gasteiger charge is 2.40. The number of carbonyl (C=O) groups excluding carboxylic acids is 2. The molecule has 1 atom stereocenters. The van der Waals surface area contributed by atoms with E-state index < -0.39 is 40.7 Å². The van der Waals surface area contributed by atoms with E-state index in [0.29, 0.717) is 6.20 Å². The number of halogens is 4. The van der Waals surface area contributed by atoms with Crippen LogP contribution in [0.4, 0.5) is 13.2 Å². The first kappa shape index (κ1) is 15.2. The Morgan fingerprint density at radius 3 is 2.47 bits per heavy atom. The lowest BCUT2D eigenvalue weighted by Gasteiger charge is -2.17. The third kappa shape index (κ3) is 3.78. The highest BCUT2D eigenvalue weighted by molar-refractivity contribution is 6.28. The molecule has 0 spiro atoms. The van der Waals surface area contributed by atoms with E-state index in [1.54, 1.807) is 0 Å². The van der Waals surface area contributed by atoms with Crippen LogP contribution in [0.3, 0.4) is 0 Å². The van der Waals surface area contributed by atoms with E-state index >= 15 is 0 Å². The molecule has 0 saturated carbocycles. The van der Waals surface area contributed by atoms with Crippen LogP contribution in [0, 0.1) is 0 Å². The van der Waals surface area contributed by atoms with Gasteiger partial charge in [0, 0.05) is 13.1 Å². The van der Waals surface area contributed by atoms with Crippen molar-refractivity contribution < 1.29 is 27.5 Å². The molecule has 0 bridgehead atoms. The van der Waals surface area contributed by atoms with Crippen LogP contribution in [0.1, 0.15) is 24.3 Å². The van der Waals surface area contributed by atoms with E-state index in [1.807, 2.05) is 0 Å². The quantitative estimate of drug-likeness (QED) is 0.669. The Hall–Kier alpha value is -1.90. The first-order chi connectivity index (χ1) is 8.62. The van der Waals surface area contributed by atoms with Crippen LogP contribution in [-0.2, 0) is 20.5 Å². The zero-order valence-electron chi connectivity index (χ0n) is 9.36. The van der Waals surface area contributed by atoms with Gasteiger partial charge in [0.2, 0.25) is 11.4 Å². The van der Waals surface area contributed by atoms with Gasteiger partial charge in [-0.2, -0.15) is 13.2 Å². The smallest absolute Gasteiger partial charge is 0.433 e. The maximum Gasteiger partial charge on any atom is 0.433 e. The number of alkyl halides is 3. The van der Waals surface area contributed by atoms with Crippen molar-refractivity contribution in [3.05, 3.63) is 22.7 Å². The fourth-order valence-electron chi connectivity index (χ4n) is 1.23. The topological polar surface area (TPSA) is 95.2 Å². The summed E-state index contributed by atoms with van der Waals surface area (Å²) in [5.74, 6) is -2.27. The Morgan fingerprint density at radius 2 is 2.05 bits per heavy atom. The maximum atomic E-state index is 12.7. The summed E-state index contributed by atoms with van der Waals surface area (Å²) in [5, 5.41) is -0.665. The molecule has 1 amide bonds. The SMILES string of the molecule is CC(=O)OC(C(N)=O)c1cnc(Cl)nc1C(F)(F)F. The van der Waals surface area contributed by atoms with Crippen molar-refractivity contribution in [2.75, 3.05) is 0 Å². The van der Waals surface area contributed by atoms with Crippen LogP contribution in [-0.4, -0.2) is 21.8 Å². The molecule has 10 heteroatoms. The predicted octanol–water partition coefficient (Wildman–Crippen LogP) is 1.24. The molecule has 1 rings (SSSR count). The number of hydrogen-bond acceptors (Lipinski definition) is 5. The highest BCUT2D eigenvalue weighted by atomic mass is 35.5. The van der Waals surface area contributed by atoms with Gasteiger partial charge in [0.25, 0.3) is 5.91 Å². The number of nitrogens with zero attached hydrogens (tertiary/aromatic N) is 2. The van der Waals surface area contributed by atoms with E-state index in [4.69, 9.17) is 17.3 Å². The Kier molecular flexibility index (Phi) is 4.30. The van der Waals surface area contributed by atoms with Crippen LogP contribution >= 0.6 is 11.6 Å². The van der Waals surface area contributed by atoms with Crippen LogP contribution in [0.25, 0.3) is 0 Å². The summed E-state index contributed by atoms with van der Waals surface area (Å²) in [6, 6.07) is 0. The molecule has 0 saturated heterocycles. The van der Waals surface area contributed by atoms with Crippen molar-refractivity contribution in [3.8, 4) is 0 Å². The Labute approximate surface area is 109 Å². The molecule has 0 fully saturated rings. The van der Waals surface area contributed by atoms with Gasteiger partial charge in [-0.1, -0.05) is 0 Å². The minimum atomic E-state index is -4.91. The van der Waals surface area contributed by atoms with Gasteiger partial charge < -0.3 is 10.5 Å². The summed E-state index contributed by atoms with van der Waals surface area (Å²) in [4.78, 5) is 28.2. The van der Waals surface area contributed by atoms with Gasteiger partial charge in [0.1, 0.15) is 0 Å². The van der Waals surface area contributed by atoms with Crippen molar-refractivity contribution in [1.29, 1.82) is 0 Å². The molecule has 1 heterocycles. The summed E-state index contributed by atoms with van der Waals surface area (Å²) in [6.07, 6.45) is -6.21. The molecule has 0 radical (unpaired) electrons. The van der Waals surface area contributed by atoms with Crippen LogP contribution in [0.2, 0.25) is 5.28 Å². The number of hydrogen-bond donors (Lipinski definition) is 1. The predicted molar refractivity (Wildman–Crippen MR) is 55.7 cm³/mol. The average molecular weight is 298 g/mol. The minimum absolute atomic E-state index is 0.635. The number of rotatable bonds is 3. The van der Waals surface area contributed by atoms with Crippen LogP contribution in [0.15, 0.2) is 6.20 Å². The van der Waals surface area contributed by atoms with E-state index in [0.717, 1.165) is 6.92 Å². The normalized spacial score (nSPS) is 12.9. The van der Waals surface area contributed by atoms with Gasteiger partial charge in [-0.3, -0.25) is 9.59 Å². The third-order valence-corrected chi connectivity index (χ3v) is 2.06. The summed E-state index contributed by atoms with van der Waals surface area (Å²) in [5.41, 5.74) is 2.63. The molecule has 1 aromatic heterocycles. The molecule has 0 aromatic carbocycles. The third-order valence-electron chi connectivity index (χ3n) is 1.88. The van der Waals surface area contributed by atoms with Gasteiger partial charge >= 0.3 is 12.1 Å². The molecular weight excluding hydrogens is 291 g/mol. The van der Waals surface area contributed by atoms with Crippen LogP contribution < -0.4 is 5.73 Å². The summed E-state index contributed by atoms with van der Waals surface area (Å²) in [7, 11) is 0.